The van der Waals surface area contributed by atoms with Crippen LogP contribution in [-0.2, 0) is 4.74 Å². The zero-order chi connectivity index (χ0) is 7.98. The summed E-state index contributed by atoms with van der Waals surface area (Å²) in [4.78, 5) is 0. The molecule has 0 saturated carbocycles. The second-order valence-corrected chi connectivity index (χ2v) is 2.40. The molecule has 2 unspecified atom stereocenters. The fraction of sp³-hybridized carbons (Fsp3) is 1.00. The second-order valence-electron chi connectivity index (χ2n) is 2.40. The van der Waals surface area contributed by atoms with Gasteiger partial charge in [-0.2, -0.15) is 0 Å². The summed E-state index contributed by atoms with van der Waals surface area (Å²) in [5.41, 5.74) is 0. The first-order valence-electron chi connectivity index (χ1n) is 4.09. The van der Waals surface area contributed by atoms with Gasteiger partial charge in [0, 0.05) is 19.7 Å². The highest BCUT2D eigenvalue weighted by Gasteiger charge is 2.18. The van der Waals surface area contributed by atoms with Gasteiger partial charge in [-0.25, -0.2) is 0 Å². The van der Waals surface area contributed by atoms with Crippen molar-refractivity contribution < 1.29 is 4.74 Å². The molecule has 1 heterocycles. The molecule has 0 radical (unpaired) electrons. The number of hydrogen-bond donors (Lipinski definition) is 1. The van der Waals surface area contributed by atoms with Crippen molar-refractivity contribution in [2.75, 3.05) is 13.7 Å². The molecule has 1 N–H and O–H groups in total. The van der Waals surface area contributed by atoms with Crippen LogP contribution in [0.5, 0.6) is 0 Å². The molecule has 0 spiro atoms. The standard InChI is InChI=1S/C6H13NO.C2H6/c1-5-3-6(8-2)4-7-5;1-2/h5-7H,3-4H2,1-2H3;1-2H3. The lowest BCUT2D eigenvalue weighted by atomic mass is 10.2. The van der Waals surface area contributed by atoms with E-state index in [0.29, 0.717) is 12.1 Å². The molecule has 0 bridgehead atoms. The minimum Gasteiger partial charge on any atom is -0.380 e. The molecule has 2 nitrogen and oxygen atoms in total. The third-order valence-corrected chi connectivity index (χ3v) is 1.64. The molecule has 1 saturated heterocycles. The Morgan fingerprint density at radius 2 is 2.00 bits per heavy atom. The molecular formula is C8H19NO. The zero-order valence-corrected chi connectivity index (χ0v) is 7.48. The monoisotopic (exact) mass is 145 g/mol. The molecule has 10 heavy (non-hydrogen) atoms. The van der Waals surface area contributed by atoms with Crippen molar-refractivity contribution in [1.29, 1.82) is 0 Å². The van der Waals surface area contributed by atoms with Crippen LogP contribution in [-0.4, -0.2) is 25.8 Å². The van der Waals surface area contributed by atoms with E-state index in [2.05, 4.69) is 12.2 Å². The number of hydrogen-bond acceptors (Lipinski definition) is 2. The molecule has 0 aliphatic carbocycles. The summed E-state index contributed by atoms with van der Waals surface area (Å²) >= 11 is 0. The Kier molecular flexibility index (Phi) is 5.64. The van der Waals surface area contributed by atoms with Gasteiger partial charge in [-0.05, 0) is 13.3 Å². The van der Waals surface area contributed by atoms with E-state index in [9.17, 15) is 0 Å². The van der Waals surface area contributed by atoms with Gasteiger partial charge in [0.2, 0.25) is 0 Å². The van der Waals surface area contributed by atoms with Gasteiger partial charge in [0.05, 0.1) is 6.10 Å². The summed E-state index contributed by atoms with van der Waals surface area (Å²) in [7, 11) is 1.77. The second kappa shape index (κ2) is 5.69. The van der Waals surface area contributed by atoms with E-state index < -0.39 is 0 Å². The topological polar surface area (TPSA) is 21.3 Å². The molecule has 0 aromatic rings. The van der Waals surface area contributed by atoms with Gasteiger partial charge in [-0.15, -0.1) is 0 Å². The van der Waals surface area contributed by atoms with Crippen molar-refractivity contribution in [2.45, 2.75) is 39.3 Å². The number of methoxy groups -OCH3 is 1. The normalized spacial score (nSPS) is 31.2. The Morgan fingerprint density at radius 1 is 1.40 bits per heavy atom. The molecule has 2 heteroatoms. The van der Waals surface area contributed by atoms with Crippen LogP contribution < -0.4 is 5.32 Å². The number of rotatable bonds is 1. The summed E-state index contributed by atoms with van der Waals surface area (Å²) in [5, 5.41) is 3.30. The van der Waals surface area contributed by atoms with Crippen LogP contribution in [0.3, 0.4) is 0 Å². The van der Waals surface area contributed by atoms with Crippen molar-refractivity contribution in [2.24, 2.45) is 0 Å². The van der Waals surface area contributed by atoms with Crippen LogP contribution in [0.25, 0.3) is 0 Å². The Labute approximate surface area is 64.0 Å². The van der Waals surface area contributed by atoms with Crippen molar-refractivity contribution in [1.82, 2.24) is 5.32 Å². The van der Waals surface area contributed by atoms with Gasteiger partial charge in [0.1, 0.15) is 0 Å². The van der Waals surface area contributed by atoms with Crippen LogP contribution in [0.1, 0.15) is 27.2 Å². The predicted octanol–water partition coefficient (Wildman–Crippen LogP) is 1.41. The first kappa shape index (κ1) is 9.92. The maximum absolute atomic E-state index is 5.12. The molecule has 1 rings (SSSR count). The Balaban J connectivity index is 0.000000371. The fourth-order valence-electron chi connectivity index (χ4n) is 1.07. The summed E-state index contributed by atoms with van der Waals surface area (Å²) < 4.78 is 5.12. The van der Waals surface area contributed by atoms with Crippen LogP contribution >= 0.6 is 0 Å². The van der Waals surface area contributed by atoms with Crippen LogP contribution in [0.2, 0.25) is 0 Å². The maximum Gasteiger partial charge on any atom is 0.0710 e. The molecule has 1 aliphatic heterocycles. The summed E-state index contributed by atoms with van der Waals surface area (Å²) in [6.07, 6.45) is 1.63. The molecule has 0 aromatic heterocycles. The van der Waals surface area contributed by atoms with Crippen molar-refractivity contribution in [3.05, 3.63) is 0 Å². The third kappa shape index (κ3) is 3.18. The number of ether oxygens (including phenoxy) is 1. The molecule has 62 valence electrons. The summed E-state index contributed by atoms with van der Waals surface area (Å²) in [5.74, 6) is 0. The minimum atomic E-state index is 0.463. The summed E-state index contributed by atoms with van der Waals surface area (Å²) in [6, 6.07) is 0.653. The lowest BCUT2D eigenvalue weighted by molar-refractivity contribution is 0.118. The van der Waals surface area contributed by atoms with E-state index in [0.717, 1.165) is 13.0 Å². The highest BCUT2D eigenvalue weighted by atomic mass is 16.5. The van der Waals surface area contributed by atoms with Crippen molar-refractivity contribution in [3.8, 4) is 0 Å². The molecule has 1 fully saturated rings. The van der Waals surface area contributed by atoms with Gasteiger partial charge in [0.25, 0.3) is 0 Å². The quantitative estimate of drug-likeness (QED) is 0.602. The van der Waals surface area contributed by atoms with Gasteiger partial charge in [0.15, 0.2) is 0 Å². The van der Waals surface area contributed by atoms with E-state index in [-0.39, 0.29) is 0 Å². The largest absolute Gasteiger partial charge is 0.380 e. The molecule has 0 aromatic carbocycles. The fourth-order valence-corrected chi connectivity index (χ4v) is 1.07. The SMILES string of the molecule is CC.COC1CNC(C)C1. The van der Waals surface area contributed by atoms with Gasteiger partial charge in [-0.1, -0.05) is 13.8 Å². The Hall–Kier alpha value is -0.0800. The highest BCUT2D eigenvalue weighted by Crippen LogP contribution is 2.07. The number of nitrogens with one attached hydrogen (secondary N) is 1. The Bertz CT molecular complexity index is 75.7. The van der Waals surface area contributed by atoms with E-state index in [1.54, 1.807) is 7.11 Å². The lowest BCUT2D eigenvalue weighted by Gasteiger charge is -2.02. The molecule has 0 amide bonds. The first-order chi connectivity index (χ1) is 4.83. The maximum atomic E-state index is 5.12. The van der Waals surface area contributed by atoms with Gasteiger partial charge in [-0.3, -0.25) is 0 Å². The zero-order valence-electron chi connectivity index (χ0n) is 7.48. The molecular weight excluding hydrogens is 126 g/mol. The van der Waals surface area contributed by atoms with Crippen LogP contribution in [0.4, 0.5) is 0 Å². The van der Waals surface area contributed by atoms with Crippen LogP contribution in [0, 0.1) is 0 Å². The van der Waals surface area contributed by atoms with Gasteiger partial charge < -0.3 is 10.1 Å². The first-order valence-corrected chi connectivity index (χ1v) is 4.09. The lowest BCUT2D eigenvalue weighted by Crippen LogP contribution is -2.18. The predicted molar refractivity (Wildman–Crippen MR) is 44.2 cm³/mol. The average Bonchev–Trinajstić information content (AvgIpc) is 2.40. The molecule has 1 aliphatic rings. The Morgan fingerprint density at radius 3 is 2.20 bits per heavy atom. The highest BCUT2D eigenvalue weighted by molar-refractivity contribution is 4.77. The summed E-state index contributed by atoms with van der Waals surface area (Å²) in [6.45, 7) is 7.21. The van der Waals surface area contributed by atoms with Crippen molar-refractivity contribution in [3.63, 3.8) is 0 Å². The smallest absolute Gasteiger partial charge is 0.0710 e. The minimum absolute atomic E-state index is 0.463. The van der Waals surface area contributed by atoms with E-state index >= 15 is 0 Å². The third-order valence-electron chi connectivity index (χ3n) is 1.64. The average molecular weight is 145 g/mol. The van der Waals surface area contributed by atoms with E-state index in [1.807, 2.05) is 13.8 Å². The van der Waals surface area contributed by atoms with Crippen molar-refractivity contribution >= 4 is 0 Å². The van der Waals surface area contributed by atoms with Gasteiger partial charge >= 0.3 is 0 Å². The van der Waals surface area contributed by atoms with E-state index in [1.165, 1.54) is 0 Å². The molecule has 2 atom stereocenters. The van der Waals surface area contributed by atoms with Crippen LogP contribution in [0.15, 0.2) is 0 Å². The van der Waals surface area contributed by atoms with E-state index in [4.69, 9.17) is 4.74 Å².